The van der Waals surface area contributed by atoms with Crippen LogP contribution in [-0.4, -0.2) is 30.3 Å². The van der Waals surface area contributed by atoms with E-state index in [0.717, 1.165) is 32.8 Å². The fraction of sp³-hybridized carbons (Fsp3) is 0.120. The summed E-state index contributed by atoms with van der Waals surface area (Å²) in [6.45, 7) is 0.00677. The van der Waals surface area contributed by atoms with E-state index in [1.807, 2.05) is 84.9 Å². The van der Waals surface area contributed by atoms with E-state index < -0.39 is 0 Å². The van der Waals surface area contributed by atoms with E-state index in [1.54, 1.807) is 7.05 Å². The third-order valence-electron chi connectivity index (χ3n) is 5.09. The molecule has 2 amide bonds. The van der Waals surface area contributed by atoms with Crippen molar-refractivity contribution < 1.29 is 9.59 Å². The van der Waals surface area contributed by atoms with E-state index in [-0.39, 0.29) is 24.8 Å². The summed E-state index contributed by atoms with van der Waals surface area (Å²) in [6.07, 6.45) is 0.263. The number of benzene rings is 4. The Morgan fingerprint density at radius 1 is 0.759 bits per heavy atom. The summed E-state index contributed by atoms with van der Waals surface area (Å²) in [5, 5.41) is 7.14. The molecular weight excluding hydrogens is 360 g/mol. The maximum Gasteiger partial charge on any atom is 0.244 e. The molecule has 0 heterocycles. The zero-order valence-electron chi connectivity index (χ0n) is 16.3. The highest BCUT2D eigenvalue weighted by Gasteiger charge is 2.15. The minimum absolute atomic E-state index is 0.00677. The molecule has 0 bridgehead atoms. The topological polar surface area (TPSA) is 49.4 Å². The van der Waals surface area contributed by atoms with Gasteiger partial charge in [0.05, 0.1) is 13.0 Å². The van der Waals surface area contributed by atoms with Gasteiger partial charge in [-0.2, -0.15) is 0 Å². The molecule has 0 aliphatic heterocycles. The second kappa shape index (κ2) is 8.15. The van der Waals surface area contributed by atoms with Gasteiger partial charge in [0.2, 0.25) is 11.8 Å². The lowest BCUT2D eigenvalue weighted by Crippen LogP contribution is -2.35. The van der Waals surface area contributed by atoms with Gasteiger partial charge in [0.25, 0.3) is 0 Å². The van der Waals surface area contributed by atoms with Crippen LogP contribution in [0.5, 0.6) is 0 Å². The van der Waals surface area contributed by atoms with Gasteiger partial charge in [0.15, 0.2) is 0 Å². The number of rotatable bonds is 5. The predicted molar refractivity (Wildman–Crippen MR) is 118 cm³/mol. The van der Waals surface area contributed by atoms with Gasteiger partial charge >= 0.3 is 0 Å². The lowest BCUT2D eigenvalue weighted by Gasteiger charge is -2.18. The molecule has 0 fully saturated rings. The number of hydrogen-bond acceptors (Lipinski definition) is 2. The third-order valence-corrected chi connectivity index (χ3v) is 5.09. The molecule has 1 N–H and O–H groups in total. The number of nitrogens with zero attached hydrogens (tertiary/aromatic N) is 1. The summed E-state index contributed by atoms with van der Waals surface area (Å²) in [6, 6.07) is 27.6. The molecule has 4 heteroatoms. The van der Waals surface area contributed by atoms with Crippen LogP contribution in [0.25, 0.3) is 21.5 Å². The number of nitrogens with one attached hydrogen (secondary N) is 1. The van der Waals surface area contributed by atoms with Crippen LogP contribution < -0.4 is 5.32 Å². The highest BCUT2D eigenvalue weighted by atomic mass is 16.2. The normalized spacial score (nSPS) is 10.8. The fourth-order valence-corrected chi connectivity index (χ4v) is 3.57. The lowest BCUT2D eigenvalue weighted by atomic mass is 10.0. The highest BCUT2D eigenvalue weighted by molar-refractivity contribution is 6.03. The molecule has 0 saturated heterocycles. The summed E-state index contributed by atoms with van der Waals surface area (Å²) in [5.74, 6) is -0.301. The van der Waals surface area contributed by atoms with Crippen molar-refractivity contribution in [2.45, 2.75) is 6.42 Å². The molecule has 0 atom stereocenters. The van der Waals surface area contributed by atoms with Gasteiger partial charge in [-0.05, 0) is 27.8 Å². The second-order valence-corrected chi connectivity index (χ2v) is 7.14. The molecule has 4 rings (SSSR count). The maximum atomic E-state index is 12.7. The number of amides is 2. The van der Waals surface area contributed by atoms with Gasteiger partial charge in [-0.25, -0.2) is 0 Å². The Balaban J connectivity index is 1.43. The molecule has 0 unspecified atom stereocenters. The molecule has 4 aromatic carbocycles. The number of anilines is 1. The van der Waals surface area contributed by atoms with E-state index in [9.17, 15) is 9.59 Å². The predicted octanol–water partition coefficient (Wildman–Crippen LogP) is 4.63. The molecule has 0 saturated carbocycles. The summed E-state index contributed by atoms with van der Waals surface area (Å²) in [7, 11) is 1.66. The average molecular weight is 382 g/mol. The molecule has 0 aliphatic rings. The van der Waals surface area contributed by atoms with Crippen molar-refractivity contribution >= 4 is 39.0 Å². The maximum absolute atomic E-state index is 12.7. The molecule has 0 aromatic heterocycles. The van der Waals surface area contributed by atoms with Crippen molar-refractivity contribution in [1.29, 1.82) is 0 Å². The summed E-state index contributed by atoms with van der Waals surface area (Å²) >= 11 is 0. The third kappa shape index (κ3) is 4.11. The Labute approximate surface area is 169 Å². The van der Waals surface area contributed by atoms with Crippen molar-refractivity contribution in [1.82, 2.24) is 4.90 Å². The van der Waals surface area contributed by atoms with E-state index in [4.69, 9.17) is 0 Å². The van der Waals surface area contributed by atoms with E-state index in [0.29, 0.717) is 0 Å². The first-order valence-electron chi connectivity index (χ1n) is 9.60. The highest BCUT2D eigenvalue weighted by Crippen LogP contribution is 2.23. The van der Waals surface area contributed by atoms with E-state index in [2.05, 4.69) is 5.32 Å². The van der Waals surface area contributed by atoms with Crippen LogP contribution in [0.2, 0.25) is 0 Å². The van der Waals surface area contributed by atoms with Crippen molar-refractivity contribution in [3.8, 4) is 0 Å². The molecule has 4 nitrogen and oxygen atoms in total. The SMILES string of the molecule is CN(CC(=O)Nc1cccc2ccccc12)C(=O)Cc1cccc2ccccc12. The van der Waals surface area contributed by atoms with Crippen molar-refractivity contribution in [2.75, 3.05) is 18.9 Å². The first-order valence-corrected chi connectivity index (χ1v) is 9.60. The smallest absolute Gasteiger partial charge is 0.244 e. The molecule has 0 radical (unpaired) electrons. The van der Waals surface area contributed by atoms with Gasteiger partial charge < -0.3 is 10.2 Å². The van der Waals surface area contributed by atoms with Crippen LogP contribution in [0.1, 0.15) is 5.56 Å². The van der Waals surface area contributed by atoms with Crippen LogP contribution in [0.15, 0.2) is 84.9 Å². The zero-order chi connectivity index (χ0) is 20.2. The van der Waals surface area contributed by atoms with Crippen LogP contribution >= 0.6 is 0 Å². The molecule has 0 spiro atoms. The molecule has 144 valence electrons. The van der Waals surface area contributed by atoms with Gasteiger partial charge in [0.1, 0.15) is 0 Å². The van der Waals surface area contributed by atoms with Crippen LogP contribution in [-0.2, 0) is 16.0 Å². The Bertz CT molecular complexity index is 1190. The fourth-order valence-electron chi connectivity index (χ4n) is 3.57. The summed E-state index contributed by atoms with van der Waals surface area (Å²) in [5.41, 5.74) is 1.72. The van der Waals surface area contributed by atoms with E-state index in [1.165, 1.54) is 4.90 Å². The minimum Gasteiger partial charge on any atom is -0.336 e. The Kier molecular flexibility index (Phi) is 5.25. The minimum atomic E-state index is -0.213. The van der Waals surface area contributed by atoms with Crippen LogP contribution in [0, 0.1) is 0 Å². The molecular formula is C25H22N2O2. The largest absolute Gasteiger partial charge is 0.336 e. The Morgan fingerprint density at radius 3 is 2.10 bits per heavy atom. The quantitative estimate of drug-likeness (QED) is 0.547. The Morgan fingerprint density at radius 2 is 1.34 bits per heavy atom. The Hall–Kier alpha value is -3.66. The first-order chi connectivity index (χ1) is 14.1. The lowest BCUT2D eigenvalue weighted by molar-refractivity contribution is -0.132. The number of carbonyl (C=O) groups excluding carboxylic acids is 2. The average Bonchev–Trinajstić information content (AvgIpc) is 2.74. The number of carbonyl (C=O) groups is 2. The van der Waals surface area contributed by atoms with Crippen molar-refractivity contribution in [3.63, 3.8) is 0 Å². The van der Waals surface area contributed by atoms with Crippen molar-refractivity contribution in [2.24, 2.45) is 0 Å². The second-order valence-electron chi connectivity index (χ2n) is 7.14. The number of fused-ring (bicyclic) bond motifs is 2. The zero-order valence-corrected chi connectivity index (χ0v) is 16.3. The van der Waals surface area contributed by atoms with Gasteiger partial charge in [0, 0.05) is 18.1 Å². The van der Waals surface area contributed by atoms with Crippen molar-refractivity contribution in [3.05, 3.63) is 90.5 Å². The van der Waals surface area contributed by atoms with Crippen LogP contribution in [0.3, 0.4) is 0 Å². The standard InChI is InChI=1S/C25H22N2O2/c1-27(25(29)16-20-12-6-10-18-8-2-4-13-21(18)20)17-24(28)26-23-15-7-11-19-9-3-5-14-22(19)23/h2-15H,16-17H2,1H3,(H,26,28). The number of hydrogen-bond donors (Lipinski definition) is 1. The number of likely N-dealkylation sites (N-methyl/N-ethyl adjacent to an activating group) is 1. The summed E-state index contributed by atoms with van der Waals surface area (Å²) in [4.78, 5) is 26.7. The molecule has 29 heavy (non-hydrogen) atoms. The van der Waals surface area contributed by atoms with E-state index >= 15 is 0 Å². The van der Waals surface area contributed by atoms with Gasteiger partial charge in [-0.3, -0.25) is 9.59 Å². The molecule has 4 aromatic rings. The van der Waals surface area contributed by atoms with Gasteiger partial charge in [-0.15, -0.1) is 0 Å². The monoisotopic (exact) mass is 382 g/mol. The van der Waals surface area contributed by atoms with Crippen LogP contribution in [0.4, 0.5) is 5.69 Å². The molecule has 0 aliphatic carbocycles. The summed E-state index contributed by atoms with van der Waals surface area (Å²) < 4.78 is 0. The van der Waals surface area contributed by atoms with Gasteiger partial charge in [-0.1, -0.05) is 78.9 Å². The first kappa shape index (κ1) is 18.7.